The van der Waals surface area contributed by atoms with Crippen molar-refractivity contribution in [3.63, 3.8) is 0 Å². The molecule has 1 N–H and O–H groups in total. The van der Waals surface area contributed by atoms with Crippen LogP contribution in [0.15, 0.2) is 24.3 Å². The van der Waals surface area contributed by atoms with E-state index < -0.39 is 0 Å². The highest BCUT2D eigenvalue weighted by Gasteiger charge is 2.18. The Balaban J connectivity index is 1.82. The SMILES string of the molecule is Cc1ccc(C(=O)CN2CCN(CCO)CC2)cc1. The zero-order valence-corrected chi connectivity index (χ0v) is 11.5. The van der Waals surface area contributed by atoms with E-state index in [1.807, 2.05) is 31.2 Å². The Hall–Kier alpha value is -1.23. The molecule has 0 unspecified atom stereocenters. The summed E-state index contributed by atoms with van der Waals surface area (Å²) in [5.41, 5.74) is 1.97. The van der Waals surface area contributed by atoms with Crippen LogP contribution in [0.2, 0.25) is 0 Å². The number of β-amino-alcohol motifs (C(OH)–C–C–N with tert-alkyl or cyclic N) is 1. The Morgan fingerprint density at radius 1 is 1.11 bits per heavy atom. The topological polar surface area (TPSA) is 43.8 Å². The summed E-state index contributed by atoms with van der Waals surface area (Å²) in [6, 6.07) is 7.76. The Kier molecular flexibility index (Phi) is 5.07. The first-order valence-corrected chi connectivity index (χ1v) is 6.84. The molecule has 1 aliphatic heterocycles. The summed E-state index contributed by atoms with van der Waals surface area (Å²) in [5, 5.41) is 8.89. The van der Waals surface area contributed by atoms with Crippen molar-refractivity contribution in [1.29, 1.82) is 0 Å². The number of Topliss-reactive ketones (excluding diaryl/α,β-unsaturated/α-hetero) is 1. The number of rotatable bonds is 5. The van der Waals surface area contributed by atoms with Crippen LogP contribution in [0.1, 0.15) is 15.9 Å². The number of piperazine rings is 1. The molecule has 1 aliphatic rings. The summed E-state index contributed by atoms with van der Waals surface area (Å²) in [6.07, 6.45) is 0. The fourth-order valence-corrected chi connectivity index (χ4v) is 2.35. The molecule has 0 aliphatic carbocycles. The molecule has 1 aromatic carbocycles. The number of nitrogens with zero attached hydrogens (tertiary/aromatic N) is 2. The van der Waals surface area contributed by atoms with Gasteiger partial charge in [-0.2, -0.15) is 0 Å². The van der Waals surface area contributed by atoms with Crippen LogP contribution < -0.4 is 0 Å². The molecule has 4 nitrogen and oxygen atoms in total. The normalized spacial score (nSPS) is 17.6. The Morgan fingerprint density at radius 3 is 2.26 bits per heavy atom. The van der Waals surface area contributed by atoms with Gasteiger partial charge in [0, 0.05) is 38.3 Å². The molecule has 1 heterocycles. The monoisotopic (exact) mass is 262 g/mol. The van der Waals surface area contributed by atoms with E-state index in [-0.39, 0.29) is 12.4 Å². The van der Waals surface area contributed by atoms with E-state index in [2.05, 4.69) is 9.80 Å². The van der Waals surface area contributed by atoms with Gasteiger partial charge in [-0.05, 0) is 6.92 Å². The van der Waals surface area contributed by atoms with E-state index in [1.165, 1.54) is 5.56 Å². The number of aryl methyl sites for hydroxylation is 1. The number of carbonyl (C=O) groups excluding carboxylic acids is 1. The summed E-state index contributed by atoms with van der Waals surface area (Å²) in [4.78, 5) is 16.6. The van der Waals surface area contributed by atoms with Crippen molar-refractivity contribution in [2.75, 3.05) is 45.9 Å². The molecule has 19 heavy (non-hydrogen) atoms. The summed E-state index contributed by atoms with van der Waals surface area (Å²) in [6.45, 7) is 7.13. The van der Waals surface area contributed by atoms with E-state index in [9.17, 15) is 4.79 Å². The Bertz CT molecular complexity index is 409. The lowest BCUT2D eigenvalue weighted by molar-refractivity contribution is 0.0822. The summed E-state index contributed by atoms with van der Waals surface area (Å²) >= 11 is 0. The Labute approximate surface area is 114 Å². The summed E-state index contributed by atoms with van der Waals surface area (Å²) in [5.74, 6) is 0.190. The number of benzene rings is 1. The molecule has 0 aromatic heterocycles. The van der Waals surface area contributed by atoms with Crippen LogP contribution in [0, 0.1) is 6.92 Å². The molecule has 0 radical (unpaired) electrons. The van der Waals surface area contributed by atoms with Gasteiger partial charge < -0.3 is 5.11 Å². The molecule has 0 amide bonds. The minimum atomic E-state index is 0.190. The second-order valence-electron chi connectivity index (χ2n) is 5.13. The average Bonchev–Trinajstić information content (AvgIpc) is 2.42. The summed E-state index contributed by atoms with van der Waals surface area (Å²) < 4.78 is 0. The molecule has 0 bridgehead atoms. The maximum Gasteiger partial charge on any atom is 0.176 e. The van der Waals surface area contributed by atoms with E-state index >= 15 is 0 Å². The molecule has 104 valence electrons. The maximum absolute atomic E-state index is 12.1. The van der Waals surface area contributed by atoms with Gasteiger partial charge in [0.2, 0.25) is 0 Å². The third-order valence-electron chi connectivity index (χ3n) is 3.62. The summed E-state index contributed by atoms with van der Waals surface area (Å²) in [7, 11) is 0. The first-order valence-electron chi connectivity index (χ1n) is 6.84. The van der Waals surface area contributed by atoms with Gasteiger partial charge in [0.1, 0.15) is 0 Å². The largest absolute Gasteiger partial charge is 0.395 e. The Morgan fingerprint density at radius 2 is 1.68 bits per heavy atom. The number of hydrogen-bond donors (Lipinski definition) is 1. The standard InChI is InChI=1S/C15H22N2O2/c1-13-2-4-14(5-3-13)15(19)12-17-8-6-16(7-9-17)10-11-18/h2-5,18H,6-12H2,1H3. The highest BCUT2D eigenvalue weighted by molar-refractivity contribution is 5.97. The number of carbonyl (C=O) groups is 1. The fraction of sp³-hybridized carbons (Fsp3) is 0.533. The highest BCUT2D eigenvalue weighted by atomic mass is 16.3. The predicted octanol–water partition coefficient (Wildman–Crippen LogP) is 0.788. The second kappa shape index (κ2) is 6.80. The lowest BCUT2D eigenvalue weighted by Gasteiger charge is -2.33. The van der Waals surface area contributed by atoms with E-state index in [0.717, 1.165) is 38.3 Å². The van der Waals surface area contributed by atoms with Gasteiger partial charge in [-0.25, -0.2) is 0 Å². The zero-order valence-electron chi connectivity index (χ0n) is 11.5. The molecule has 4 heteroatoms. The molecule has 2 rings (SSSR count). The first kappa shape index (κ1) is 14.2. The van der Waals surface area contributed by atoms with Gasteiger partial charge in [0.25, 0.3) is 0 Å². The number of hydrogen-bond acceptors (Lipinski definition) is 4. The smallest absolute Gasteiger partial charge is 0.176 e. The molecule has 1 fully saturated rings. The zero-order chi connectivity index (χ0) is 13.7. The van der Waals surface area contributed by atoms with Gasteiger partial charge in [-0.3, -0.25) is 14.6 Å². The molecule has 1 saturated heterocycles. The molecule has 0 saturated carbocycles. The van der Waals surface area contributed by atoms with Gasteiger partial charge in [-0.1, -0.05) is 29.8 Å². The van der Waals surface area contributed by atoms with E-state index in [0.29, 0.717) is 6.54 Å². The predicted molar refractivity (Wildman–Crippen MR) is 75.5 cm³/mol. The molecular formula is C15H22N2O2. The third-order valence-corrected chi connectivity index (χ3v) is 3.62. The van der Waals surface area contributed by atoms with Gasteiger partial charge in [0.15, 0.2) is 5.78 Å². The van der Waals surface area contributed by atoms with Crippen LogP contribution >= 0.6 is 0 Å². The first-order chi connectivity index (χ1) is 9.19. The van der Waals surface area contributed by atoms with E-state index in [4.69, 9.17) is 5.11 Å². The average molecular weight is 262 g/mol. The van der Waals surface area contributed by atoms with Gasteiger partial charge in [-0.15, -0.1) is 0 Å². The van der Waals surface area contributed by atoms with Crippen molar-refractivity contribution in [2.45, 2.75) is 6.92 Å². The minimum absolute atomic E-state index is 0.190. The van der Waals surface area contributed by atoms with E-state index in [1.54, 1.807) is 0 Å². The van der Waals surface area contributed by atoms with Crippen LogP contribution in [-0.4, -0.2) is 66.6 Å². The van der Waals surface area contributed by atoms with Crippen LogP contribution in [-0.2, 0) is 0 Å². The fourth-order valence-electron chi connectivity index (χ4n) is 2.35. The molecule has 0 spiro atoms. The van der Waals surface area contributed by atoms with Crippen molar-refractivity contribution < 1.29 is 9.90 Å². The van der Waals surface area contributed by atoms with Crippen LogP contribution in [0.25, 0.3) is 0 Å². The van der Waals surface area contributed by atoms with Gasteiger partial charge >= 0.3 is 0 Å². The van der Waals surface area contributed by atoms with Gasteiger partial charge in [0.05, 0.1) is 13.2 Å². The lowest BCUT2D eigenvalue weighted by atomic mass is 10.1. The molecule has 1 aromatic rings. The maximum atomic E-state index is 12.1. The van der Waals surface area contributed by atoms with Crippen LogP contribution in [0.4, 0.5) is 0 Å². The van der Waals surface area contributed by atoms with Crippen molar-refractivity contribution in [3.05, 3.63) is 35.4 Å². The quantitative estimate of drug-likeness (QED) is 0.797. The van der Waals surface area contributed by atoms with Crippen molar-refractivity contribution in [3.8, 4) is 0 Å². The minimum Gasteiger partial charge on any atom is -0.395 e. The lowest BCUT2D eigenvalue weighted by Crippen LogP contribution is -2.48. The molecule has 0 atom stereocenters. The van der Waals surface area contributed by atoms with Crippen molar-refractivity contribution in [2.24, 2.45) is 0 Å². The second-order valence-corrected chi connectivity index (χ2v) is 5.13. The van der Waals surface area contributed by atoms with Crippen molar-refractivity contribution in [1.82, 2.24) is 9.80 Å². The van der Waals surface area contributed by atoms with Crippen molar-refractivity contribution >= 4 is 5.78 Å². The number of aliphatic hydroxyl groups is 1. The third kappa shape index (κ3) is 4.13. The number of ketones is 1. The highest BCUT2D eigenvalue weighted by Crippen LogP contribution is 2.07. The van der Waals surface area contributed by atoms with Crippen LogP contribution in [0.5, 0.6) is 0 Å². The van der Waals surface area contributed by atoms with Crippen LogP contribution in [0.3, 0.4) is 0 Å². The molecular weight excluding hydrogens is 240 g/mol. The number of aliphatic hydroxyl groups excluding tert-OH is 1.